The van der Waals surface area contributed by atoms with E-state index in [0.717, 1.165) is 36.4 Å². The lowest BCUT2D eigenvalue weighted by atomic mass is 9.73. The molecule has 0 atom stereocenters. The van der Waals surface area contributed by atoms with E-state index in [4.69, 9.17) is 18.9 Å². The summed E-state index contributed by atoms with van der Waals surface area (Å²) in [4.78, 5) is 47.4. The average molecular weight is 809 g/mol. The van der Waals surface area contributed by atoms with Gasteiger partial charge in [0, 0.05) is 12.2 Å². The second-order valence-electron chi connectivity index (χ2n) is 10.5. The fraction of sp³-hybridized carbons (Fsp3) is 0.220. The largest absolute Gasteiger partial charge is 0.457 e. The molecule has 4 aromatic carbocycles. The van der Waals surface area contributed by atoms with Crippen LogP contribution in [0.4, 0.5) is 26.3 Å². The molecule has 0 aromatic heterocycles. The van der Waals surface area contributed by atoms with Gasteiger partial charge in [-0.1, -0.05) is 67.1 Å². The van der Waals surface area contributed by atoms with E-state index in [0.29, 0.717) is 24.3 Å². The lowest BCUT2D eigenvalue weighted by molar-refractivity contribution is -0.288. The number of alkyl halides is 6. The van der Waals surface area contributed by atoms with Crippen molar-refractivity contribution in [3.63, 3.8) is 0 Å². The van der Waals surface area contributed by atoms with Gasteiger partial charge in [-0.3, -0.25) is 0 Å². The van der Waals surface area contributed by atoms with E-state index in [1.54, 1.807) is 0 Å². The summed E-state index contributed by atoms with van der Waals surface area (Å²) in [5.74, 6) is -3.73. The SMILES string of the molecule is C.C.C.C.C=CC(=O)OCOc1ccc(C(=O)Oc2ccc(C(c3ccc(OC(=O)c4ccc(OCOC(=O)C=C)cc4)cc3)(C(F)(F)F)C(F)(F)F)cc2)cc1. The van der Waals surface area contributed by atoms with E-state index in [2.05, 4.69) is 22.6 Å². The van der Waals surface area contributed by atoms with Crippen LogP contribution in [0.3, 0.4) is 0 Å². The second kappa shape index (κ2) is 21.5. The summed E-state index contributed by atoms with van der Waals surface area (Å²) in [6, 6.07) is 15.7. The molecule has 0 bridgehead atoms. The smallest absolute Gasteiger partial charge is 0.411 e. The molecule has 0 aliphatic heterocycles. The summed E-state index contributed by atoms with van der Waals surface area (Å²) in [5, 5.41) is 0. The third-order valence-corrected chi connectivity index (χ3v) is 7.21. The van der Waals surface area contributed by atoms with Gasteiger partial charge in [-0.2, -0.15) is 26.3 Å². The molecule has 0 spiro atoms. The molecule has 0 aliphatic rings. The van der Waals surface area contributed by atoms with Crippen molar-refractivity contribution in [2.45, 2.75) is 47.5 Å². The molecule has 0 amide bonds. The van der Waals surface area contributed by atoms with Crippen LogP contribution in [0.1, 0.15) is 61.5 Å². The van der Waals surface area contributed by atoms with E-state index in [9.17, 15) is 45.5 Å². The number of esters is 4. The van der Waals surface area contributed by atoms with E-state index >= 15 is 0 Å². The molecule has 0 saturated carbocycles. The summed E-state index contributed by atoms with van der Waals surface area (Å²) in [6.45, 7) is 5.57. The number of carbonyl (C=O) groups is 4. The quantitative estimate of drug-likeness (QED) is 0.0400. The molecule has 0 fully saturated rings. The zero-order valence-electron chi connectivity index (χ0n) is 27.1. The van der Waals surface area contributed by atoms with Crippen molar-refractivity contribution in [2.24, 2.45) is 0 Å². The van der Waals surface area contributed by atoms with Gasteiger partial charge in [0.1, 0.15) is 23.0 Å². The maximum Gasteiger partial charge on any atom is 0.411 e. The van der Waals surface area contributed by atoms with Crippen LogP contribution in [0.15, 0.2) is 122 Å². The summed E-state index contributed by atoms with van der Waals surface area (Å²) in [7, 11) is 0. The average Bonchev–Trinajstić information content (AvgIpc) is 3.12. The van der Waals surface area contributed by atoms with E-state index in [1.807, 2.05) is 0 Å². The molecule has 0 unspecified atom stereocenters. The first-order valence-corrected chi connectivity index (χ1v) is 14.9. The first-order chi connectivity index (χ1) is 25.1. The van der Waals surface area contributed by atoms with Crippen LogP contribution in [0.25, 0.3) is 0 Å². The molecule has 0 heterocycles. The van der Waals surface area contributed by atoms with Crippen molar-refractivity contribution < 1.29 is 73.9 Å². The highest BCUT2D eigenvalue weighted by atomic mass is 19.4. The normalized spacial score (nSPS) is 10.6. The van der Waals surface area contributed by atoms with Crippen molar-refractivity contribution >= 4 is 23.9 Å². The van der Waals surface area contributed by atoms with E-state index < -0.39 is 66.4 Å². The van der Waals surface area contributed by atoms with Gasteiger partial charge in [0.05, 0.1) is 11.1 Å². The lowest BCUT2D eigenvalue weighted by Crippen LogP contribution is -2.54. The number of carbonyl (C=O) groups excluding carboxylic acids is 4. The minimum atomic E-state index is -5.93. The number of rotatable bonds is 14. The molecular weight excluding hydrogens is 766 g/mol. The highest BCUT2D eigenvalue weighted by molar-refractivity contribution is 5.91. The van der Waals surface area contributed by atoms with Crippen molar-refractivity contribution in [1.82, 2.24) is 0 Å². The second-order valence-corrected chi connectivity index (χ2v) is 10.5. The molecule has 0 radical (unpaired) electrons. The van der Waals surface area contributed by atoms with Crippen molar-refractivity contribution in [3.8, 4) is 23.0 Å². The summed E-state index contributed by atoms with van der Waals surface area (Å²) in [5.41, 5.74) is -7.10. The minimum Gasteiger partial charge on any atom is -0.457 e. The Morgan fingerprint density at radius 2 is 0.754 bits per heavy atom. The molecule has 10 nitrogen and oxygen atoms in total. The maximum atomic E-state index is 14.7. The highest BCUT2D eigenvalue weighted by Crippen LogP contribution is 2.56. The molecule has 4 aromatic rings. The first-order valence-electron chi connectivity index (χ1n) is 14.9. The third-order valence-electron chi connectivity index (χ3n) is 7.21. The van der Waals surface area contributed by atoms with Crippen LogP contribution < -0.4 is 18.9 Å². The standard InChI is InChI=1S/C37H26F6O10.4CH4/c1-3-31(44)50-21-48-27-13-5-23(6-14-27)33(46)52-29-17-9-25(10-18-29)35(36(38,39)40,37(41,42)43)26-11-19-30(20-12-26)53-34(47)24-7-15-28(16-8-24)49-22-51-32(45)4-2;;;;/h3-20H,1-2,21-22H2;4*1H4. The van der Waals surface area contributed by atoms with E-state index in [1.165, 1.54) is 48.5 Å². The number of hydrogen-bond donors (Lipinski definition) is 0. The highest BCUT2D eigenvalue weighted by Gasteiger charge is 2.72. The van der Waals surface area contributed by atoms with Gasteiger partial charge < -0.3 is 28.4 Å². The predicted octanol–water partition coefficient (Wildman–Crippen LogP) is 10.2. The minimum absolute atomic E-state index is 0. The topological polar surface area (TPSA) is 124 Å². The van der Waals surface area contributed by atoms with Crippen LogP contribution in [-0.2, 0) is 24.5 Å². The Labute approximate surface area is 326 Å². The van der Waals surface area contributed by atoms with Crippen LogP contribution >= 0.6 is 0 Å². The Bertz CT molecular complexity index is 1790. The Balaban J connectivity index is 0.00000784. The molecular formula is C41H42F6O10. The van der Waals surface area contributed by atoms with Gasteiger partial charge in [-0.15, -0.1) is 0 Å². The molecule has 4 rings (SSSR count). The lowest BCUT2D eigenvalue weighted by Gasteiger charge is -2.38. The summed E-state index contributed by atoms with van der Waals surface area (Å²) in [6.07, 6.45) is -10.00. The van der Waals surface area contributed by atoms with Gasteiger partial charge in [-0.25, -0.2) is 19.2 Å². The fourth-order valence-electron chi connectivity index (χ4n) is 4.66. The maximum absolute atomic E-state index is 14.7. The van der Waals surface area contributed by atoms with Crippen molar-refractivity contribution in [3.05, 3.63) is 145 Å². The van der Waals surface area contributed by atoms with Crippen LogP contribution in [0, 0.1) is 0 Å². The molecule has 0 saturated heterocycles. The van der Waals surface area contributed by atoms with E-state index in [-0.39, 0.29) is 63.8 Å². The summed E-state index contributed by atoms with van der Waals surface area (Å²) >= 11 is 0. The van der Waals surface area contributed by atoms with Crippen molar-refractivity contribution in [1.29, 1.82) is 0 Å². The van der Waals surface area contributed by atoms with Crippen LogP contribution in [0.5, 0.6) is 23.0 Å². The zero-order chi connectivity index (χ0) is 38.8. The predicted molar refractivity (Wildman–Crippen MR) is 199 cm³/mol. The van der Waals surface area contributed by atoms with Crippen LogP contribution in [0.2, 0.25) is 0 Å². The Hall–Kier alpha value is -6.58. The first kappa shape index (κ1) is 50.4. The Kier molecular flexibility index (Phi) is 19.0. The van der Waals surface area contributed by atoms with Gasteiger partial charge >= 0.3 is 36.2 Å². The van der Waals surface area contributed by atoms with Gasteiger partial charge in [0.2, 0.25) is 19.0 Å². The third kappa shape index (κ3) is 12.2. The fourth-order valence-corrected chi connectivity index (χ4v) is 4.66. The molecule has 57 heavy (non-hydrogen) atoms. The van der Waals surface area contributed by atoms with Crippen LogP contribution in [-0.4, -0.2) is 49.8 Å². The van der Waals surface area contributed by atoms with Gasteiger partial charge in [0.25, 0.3) is 0 Å². The molecule has 16 heteroatoms. The van der Waals surface area contributed by atoms with Gasteiger partial charge in [0.15, 0.2) is 0 Å². The number of halogens is 6. The van der Waals surface area contributed by atoms with Gasteiger partial charge in [-0.05, 0) is 83.9 Å². The zero-order valence-corrected chi connectivity index (χ0v) is 27.1. The number of hydrogen-bond acceptors (Lipinski definition) is 10. The number of ether oxygens (including phenoxy) is 6. The molecule has 0 N–H and O–H groups in total. The monoisotopic (exact) mass is 808 g/mol. The Morgan fingerprint density at radius 1 is 0.474 bits per heavy atom. The Morgan fingerprint density at radius 3 is 1.02 bits per heavy atom. The summed E-state index contributed by atoms with van der Waals surface area (Å²) < 4.78 is 118. The van der Waals surface area contributed by atoms with Crippen molar-refractivity contribution in [2.75, 3.05) is 13.6 Å². The molecule has 0 aliphatic carbocycles. The molecule has 308 valence electrons. The number of benzene rings is 4.